The summed E-state index contributed by atoms with van der Waals surface area (Å²) in [5.74, 6) is 0. The summed E-state index contributed by atoms with van der Waals surface area (Å²) in [7, 11) is 0. The molecule has 0 saturated carbocycles. The molecule has 1 atom stereocenters. The number of likely N-dealkylation sites (N-methyl/N-ethyl adjacent to an activating group) is 1. The molecule has 0 aliphatic rings. The third-order valence-corrected chi connectivity index (χ3v) is 3.09. The number of nitrogens with one attached hydrogen (secondary N) is 1. The van der Waals surface area contributed by atoms with E-state index in [-0.39, 0.29) is 5.41 Å². The van der Waals surface area contributed by atoms with E-state index in [9.17, 15) is 5.11 Å². The van der Waals surface area contributed by atoms with E-state index in [1.165, 1.54) is 5.56 Å². The molecule has 0 amide bonds. The van der Waals surface area contributed by atoms with E-state index in [1.807, 2.05) is 26.0 Å². The van der Waals surface area contributed by atoms with Crippen LogP contribution in [0.15, 0.2) is 24.3 Å². The van der Waals surface area contributed by atoms with E-state index in [1.54, 1.807) is 0 Å². The SMILES string of the molecule is CCNCC(C)(O)c1ccc(C(C)(C)C)cc1. The van der Waals surface area contributed by atoms with Gasteiger partial charge in [0.1, 0.15) is 0 Å². The summed E-state index contributed by atoms with van der Waals surface area (Å²) < 4.78 is 0. The Morgan fingerprint density at radius 1 is 1.00 bits per heavy atom. The molecule has 0 aromatic heterocycles. The molecule has 0 heterocycles. The molecule has 0 aliphatic heterocycles. The molecule has 1 aromatic rings. The minimum atomic E-state index is -0.799. The van der Waals surface area contributed by atoms with Crippen molar-refractivity contribution in [2.24, 2.45) is 0 Å². The summed E-state index contributed by atoms with van der Waals surface area (Å²) >= 11 is 0. The van der Waals surface area contributed by atoms with Crippen LogP contribution in [-0.2, 0) is 11.0 Å². The molecule has 96 valence electrons. The lowest BCUT2D eigenvalue weighted by atomic mass is 9.85. The first kappa shape index (κ1) is 14.2. The maximum atomic E-state index is 10.3. The molecule has 0 aliphatic carbocycles. The largest absolute Gasteiger partial charge is 0.384 e. The Kier molecular flexibility index (Phi) is 4.34. The maximum absolute atomic E-state index is 10.3. The molecule has 1 rings (SSSR count). The number of benzene rings is 1. The zero-order valence-corrected chi connectivity index (χ0v) is 11.7. The van der Waals surface area contributed by atoms with Gasteiger partial charge in [0.05, 0.1) is 5.60 Å². The Hall–Kier alpha value is -0.860. The van der Waals surface area contributed by atoms with Crippen molar-refractivity contribution in [1.82, 2.24) is 5.32 Å². The molecule has 0 fully saturated rings. The van der Waals surface area contributed by atoms with Crippen LogP contribution in [0.1, 0.15) is 45.7 Å². The lowest BCUT2D eigenvalue weighted by Gasteiger charge is -2.26. The average Bonchev–Trinajstić information content (AvgIpc) is 2.25. The van der Waals surface area contributed by atoms with Crippen LogP contribution in [0.5, 0.6) is 0 Å². The summed E-state index contributed by atoms with van der Waals surface area (Å²) in [6, 6.07) is 8.27. The lowest BCUT2D eigenvalue weighted by Crippen LogP contribution is -2.35. The first-order valence-corrected chi connectivity index (χ1v) is 6.31. The van der Waals surface area contributed by atoms with Crippen LogP contribution in [0.4, 0.5) is 0 Å². The second kappa shape index (κ2) is 5.19. The summed E-state index contributed by atoms with van der Waals surface area (Å²) in [4.78, 5) is 0. The fourth-order valence-electron chi connectivity index (χ4n) is 1.80. The smallest absolute Gasteiger partial charge is 0.0992 e. The zero-order chi connectivity index (χ0) is 13.1. The Balaban J connectivity index is 2.87. The molecular weight excluding hydrogens is 210 g/mol. The Labute approximate surface area is 105 Å². The molecule has 2 N–H and O–H groups in total. The fourth-order valence-corrected chi connectivity index (χ4v) is 1.80. The predicted molar refractivity (Wildman–Crippen MR) is 73.3 cm³/mol. The van der Waals surface area contributed by atoms with Crippen molar-refractivity contribution < 1.29 is 5.11 Å². The first-order valence-electron chi connectivity index (χ1n) is 6.31. The molecule has 2 nitrogen and oxygen atoms in total. The van der Waals surface area contributed by atoms with Gasteiger partial charge >= 0.3 is 0 Å². The lowest BCUT2D eigenvalue weighted by molar-refractivity contribution is 0.0576. The monoisotopic (exact) mass is 235 g/mol. The van der Waals surface area contributed by atoms with Gasteiger partial charge in [-0.05, 0) is 30.0 Å². The van der Waals surface area contributed by atoms with Gasteiger partial charge in [0, 0.05) is 6.54 Å². The highest BCUT2D eigenvalue weighted by molar-refractivity contribution is 5.30. The van der Waals surface area contributed by atoms with Crippen molar-refractivity contribution in [1.29, 1.82) is 0 Å². The van der Waals surface area contributed by atoms with E-state index in [0.29, 0.717) is 6.54 Å². The molecular formula is C15H25NO. The Morgan fingerprint density at radius 3 is 1.88 bits per heavy atom. The van der Waals surface area contributed by atoms with Crippen LogP contribution >= 0.6 is 0 Å². The van der Waals surface area contributed by atoms with E-state index in [2.05, 4.69) is 38.2 Å². The maximum Gasteiger partial charge on any atom is 0.0992 e. The fraction of sp³-hybridized carbons (Fsp3) is 0.600. The highest BCUT2D eigenvalue weighted by atomic mass is 16.3. The van der Waals surface area contributed by atoms with E-state index < -0.39 is 5.60 Å². The molecule has 1 unspecified atom stereocenters. The summed E-state index contributed by atoms with van der Waals surface area (Å²) in [5.41, 5.74) is 1.62. The Morgan fingerprint density at radius 2 is 1.47 bits per heavy atom. The van der Waals surface area contributed by atoms with Crippen LogP contribution in [0.3, 0.4) is 0 Å². The van der Waals surface area contributed by atoms with Crippen LogP contribution in [0.2, 0.25) is 0 Å². The minimum Gasteiger partial charge on any atom is -0.384 e. The van der Waals surface area contributed by atoms with Gasteiger partial charge in [-0.3, -0.25) is 0 Å². The van der Waals surface area contributed by atoms with Gasteiger partial charge in [-0.2, -0.15) is 0 Å². The second-order valence-electron chi connectivity index (χ2n) is 5.88. The number of aliphatic hydroxyl groups is 1. The van der Waals surface area contributed by atoms with E-state index in [0.717, 1.165) is 12.1 Å². The van der Waals surface area contributed by atoms with Crippen LogP contribution < -0.4 is 5.32 Å². The minimum absolute atomic E-state index is 0.159. The van der Waals surface area contributed by atoms with Gasteiger partial charge < -0.3 is 10.4 Å². The van der Waals surface area contributed by atoms with Gasteiger partial charge in [0.2, 0.25) is 0 Å². The van der Waals surface area contributed by atoms with Crippen LogP contribution in [-0.4, -0.2) is 18.2 Å². The van der Waals surface area contributed by atoms with Crippen molar-refractivity contribution in [2.45, 2.75) is 45.6 Å². The summed E-state index contributed by atoms with van der Waals surface area (Å²) in [6.45, 7) is 11.9. The van der Waals surface area contributed by atoms with Crippen molar-refractivity contribution >= 4 is 0 Å². The molecule has 0 spiro atoms. The van der Waals surface area contributed by atoms with Gasteiger partial charge in [0.15, 0.2) is 0 Å². The molecule has 0 radical (unpaired) electrons. The van der Waals surface area contributed by atoms with Gasteiger partial charge in [-0.15, -0.1) is 0 Å². The van der Waals surface area contributed by atoms with E-state index >= 15 is 0 Å². The van der Waals surface area contributed by atoms with Crippen LogP contribution in [0.25, 0.3) is 0 Å². The third-order valence-electron chi connectivity index (χ3n) is 3.09. The quantitative estimate of drug-likeness (QED) is 0.841. The zero-order valence-electron chi connectivity index (χ0n) is 11.7. The third kappa shape index (κ3) is 3.83. The number of hydrogen-bond acceptors (Lipinski definition) is 2. The predicted octanol–water partition coefficient (Wildman–Crippen LogP) is 2.80. The van der Waals surface area contributed by atoms with Crippen molar-refractivity contribution in [3.05, 3.63) is 35.4 Å². The van der Waals surface area contributed by atoms with Crippen LogP contribution in [0, 0.1) is 0 Å². The normalized spacial score (nSPS) is 15.6. The Bertz CT molecular complexity index is 346. The summed E-state index contributed by atoms with van der Waals surface area (Å²) in [6.07, 6.45) is 0. The van der Waals surface area contributed by atoms with Crippen molar-refractivity contribution in [3.63, 3.8) is 0 Å². The standard InChI is InChI=1S/C15H25NO/c1-6-16-11-15(5,17)13-9-7-12(8-10-13)14(2,3)4/h7-10,16-17H,6,11H2,1-5H3. The number of hydrogen-bond donors (Lipinski definition) is 2. The average molecular weight is 235 g/mol. The van der Waals surface area contributed by atoms with Gasteiger partial charge in [0.25, 0.3) is 0 Å². The van der Waals surface area contributed by atoms with E-state index in [4.69, 9.17) is 0 Å². The topological polar surface area (TPSA) is 32.3 Å². The van der Waals surface area contributed by atoms with Gasteiger partial charge in [-0.25, -0.2) is 0 Å². The molecule has 0 saturated heterocycles. The van der Waals surface area contributed by atoms with Crippen molar-refractivity contribution in [3.8, 4) is 0 Å². The number of rotatable bonds is 4. The molecule has 1 aromatic carbocycles. The first-order chi connectivity index (χ1) is 7.77. The van der Waals surface area contributed by atoms with Crippen molar-refractivity contribution in [2.75, 3.05) is 13.1 Å². The highest BCUT2D eigenvalue weighted by Crippen LogP contribution is 2.26. The summed E-state index contributed by atoms with van der Waals surface area (Å²) in [5, 5.41) is 13.5. The molecule has 0 bridgehead atoms. The molecule has 17 heavy (non-hydrogen) atoms. The molecule has 2 heteroatoms. The highest BCUT2D eigenvalue weighted by Gasteiger charge is 2.23. The second-order valence-corrected chi connectivity index (χ2v) is 5.88. The van der Waals surface area contributed by atoms with Gasteiger partial charge in [-0.1, -0.05) is 52.0 Å².